The van der Waals surface area contributed by atoms with Crippen LogP contribution in [0.5, 0.6) is 0 Å². The molecule has 0 spiro atoms. The van der Waals surface area contributed by atoms with Gasteiger partial charge in [0.15, 0.2) is 5.69 Å². The van der Waals surface area contributed by atoms with E-state index >= 15 is 0 Å². The molecule has 1 aromatic heterocycles. The van der Waals surface area contributed by atoms with E-state index in [0.29, 0.717) is 11.4 Å². The summed E-state index contributed by atoms with van der Waals surface area (Å²) in [5.41, 5.74) is 7.41. The maximum Gasteiger partial charge on any atom is 0.272 e. The van der Waals surface area contributed by atoms with Crippen LogP contribution in [0.1, 0.15) is 17.4 Å². The molecule has 0 aliphatic rings. The Bertz CT molecular complexity index is 562. The number of aromatic nitrogens is 2. The standard InChI is InChI=1S/C13H16N4O2/c1-9(8-18)15-13(19)12-6-7-17(16-12)11-4-2-10(14)3-5-11/h2-7,9,18H,8,14H2,1H3,(H,15,19)/t9-/m1/s1. The summed E-state index contributed by atoms with van der Waals surface area (Å²) >= 11 is 0. The molecule has 0 saturated heterocycles. The minimum Gasteiger partial charge on any atom is -0.399 e. The Balaban J connectivity index is 2.15. The Morgan fingerprint density at radius 2 is 2.11 bits per heavy atom. The van der Waals surface area contributed by atoms with Crippen LogP contribution in [0.25, 0.3) is 5.69 Å². The molecule has 0 aliphatic carbocycles. The molecule has 1 heterocycles. The van der Waals surface area contributed by atoms with Crippen LogP contribution >= 0.6 is 0 Å². The van der Waals surface area contributed by atoms with E-state index in [9.17, 15) is 4.79 Å². The number of aliphatic hydroxyl groups is 1. The molecule has 0 unspecified atom stereocenters. The Hall–Kier alpha value is -2.34. The van der Waals surface area contributed by atoms with Crippen molar-refractivity contribution in [2.24, 2.45) is 0 Å². The summed E-state index contributed by atoms with van der Waals surface area (Å²) in [6.45, 7) is 1.61. The van der Waals surface area contributed by atoms with Gasteiger partial charge in [-0.1, -0.05) is 0 Å². The molecule has 2 aromatic rings. The van der Waals surface area contributed by atoms with Crippen molar-refractivity contribution in [1.82, 2.24) is 15.1 Å². The van der Waals surface area contributed by atoms with Gasteiger partial charge in [0.05, 0.1) is 12.3 Å². The second-order valence-electron chi connectivity index (χ2n) is 4.29. The third kappa shape index (κ3) is 3.11. The van der Waals surface area contributed by atoms with Gasteiger partial charge in [0.1, 0.15) is 0 Å². The van der Waals surface area contributed by atoms with Crippen molar-refractivity contribution < 1.29 is 9.90 Å². The van der Waals surface area contributed by atoms with Crippen LogP contribution in [0.3, 0.4) is 0 Å². The van der Waals surface area contributed by atoms with E-state index in [-0.39, 0.29) is 18.6 Å². The number of benzene rings is 1. The lowest BCUT2D eigenvalue weighted by atomic mass is 10.3. The summed E-state index contributed by atoms with van der Waals surface area (Å²) < 4.78 is 1.60. The topological polar surface area (TPSA) is 93.2 Å². The third-order valence-electron chi connectivity index (χ3n) is 2.63. The van der Waals surface area contributed by atoms with Crippen molar-refractivity contribution in [3.8, 4) is 5.69 Å². The van der Waals surface area contributed by atoms with Crippen LogP contribution in [0.2, 0.25) is 0 Å². The largest absolute Gasteiger partial charge is 0.399 e. The number of nitrogens with zero attached hydrogens (tertiary/aromatic N) is 2. The van der Waals surface area contributed by atoms with E-state index in [1.165, 1.54) is 0 Å². The van der Waals surface area contributed by atoms with E-state index in [1.807, 2.05) is 12.1 Å². The van der Waals surface area contributed by atoms with Gasteiger partial charge < -0.3 is 16.2 Å². The second-order valence-corrected chi connectivity index (χ2v) is 4.29. The fourth-order valence-corrected chi connectivity index (χ4v) is 1.56. The number of hydrogen-bond donors (Lipinski definition) is 3. The molecular weight excluding hydrogens is 244 g/mol. The predicted octanol–water partition coefficient (Wildman–Crippen LogP) is 0.565. The molecule has 0 radical (unpaired) electrons. The fraction of sp³-hybridized carbons (Fsp3) is 0.231. The number of carbonyl (C=O) groups excluding carboxylic acids is 1. The highest BCUT2D eigenvalue weighted by Gasteiger charge is 2.12. The number of amides is 1. The van der Waals surface area contributed by atoms with E-state index in [1.54, 1.807) is 36.0 Å². The minimum atomic E-state index is -0.309. The number of rotatable bonds is 4. The quantitative estimate of drug-likeness (QED) is 0.700. The van der Waals surface area contributed by atoms with Crippen molar-refractivity contribution in [1.29, 1.82) is 0 Å². The maximum absolute atomic E-state index is 11.8. The van der Waals surface area contributed by atoms with Crippen molar-refractivity contribution in [3.05, 3.63) is 42.2 Å². The zero-order valence-corrected chi connectivity index (χ0v) is 10.6. The van der Waals surface area contributed by atoms with E-state index in [4.69, 9.17) is 10.8 Å². The minimum absolute atomic E-state index is 0.107. The van der Waals surface area contributed by atoms with Crippen molar-refractivity contribution in [2.75, 3.05) is 12.3 Å². The van der Waals surface area contributed by atoms with Gasteiger partial charge in [-0.15, -0.1) is 0 Å². The van der Waals surface area contributed by atoms with Gasteiger partial charge in [0, 0.05) is 17.9 Å². The maximum atomic E-state index is 11.8. The highest BCUT2D eigenvalue weighted by Crippen LogP contribution is 2.10. The van der Waals surface area contributed by atoms with Crippen molar-refractivity contribution in [2.45, 2.75) is 13.0 Å². The molecule has 19 heavy (non-hydrogen) atoms. The number of anilines is 1. The SMILES string of the molecule is C[C@H](CO)NC(=O)c1ccn(-c2ccc(N)cc2)n1. The fourth-order valence-electron chi connectivity index (χ4n) is 1.56. The van der Waals surface area contributed by atoms with Crippen molar-refractivity contribution in [3.63, 3.8) is 0 Å². The molecule has 0 saturated carbocycles. The summed E-state index contributed by atoms with van der Waals surface area (Å²) in [6.07, 6.45) is 1.70. The molecule has 0 aliphatic heterocycles. The molecule has 1 aromatic carbocycles. The molecule has 1 amide bonds. The third-order valence-corrected chi connectivity index (χ3v) is 2.63. The first kappa shape index (κ1) is 13.1. The number of nitrogens with two attached hydrogens (primary N) is 1. The van der Waals surface area contributed by atoms with Crippen LogP contribution in [0.15, 0.2) is 36.5 Å². The molecule has 4 N–H and O–H groups in total. The summed E-state index contributed by atoms with van der Waals surface area (Å²) in [4.78, 5) is 11.8. The number of aliphatic hydroxyl groups excluding tert-OH is 1. The van der Waals surface area contributed by atoms with Crippen LogP contribution < -0.4 is 11.1 Å². The van der Waals surface area contributed by atoms with E-state index in [0.717, 1.165) is 5.69 Å². The molecule has 0 fully saturated rings. The Labute approximate surface area is 110 Å². The summed E-state index contributed by atoms with van der Waals surface area (Å²) in [5.74, 6) is -0.309. The first-order chi connectivity index (χ1) is 9.10. The van der Waals surface area contributed by atoms with Crippen LogP contribution in [-0.2, 0) is 0 Å². The monoisotopic (exact) mass is 260 g/mol. The summed E-state index contributed by atoms with van der Waals surface area (Å²) in [7, 11) is 0. The molecule has 2 rings (SSSR count). The first-order valence-electron chi connectivity index (χ1n) is 5.93. The van der Waals surface area contributed by atoms with Gasteiger partial charge in [-0.05, 0) is 37.3 Å². The number of nitrogens with one attached hydrogen (secondary N) is 1. The van der Waals surface area contributed by atoms with Gasteiger partial charge in [0.25, 0.3) is 5.91 Å². The van der Waals surface area contributed by atoms with Crippen LogP contribution in [0.4, 0.5) is 5.69 Å². The van der Waals surface area contributed by atoms with Gasteiger partial charge >= 0.3 is 0 Å². The molecule has 1 atom stereocenters. The summed E-state index contributed by atoms with van der Waals surface area (Å²) in [6, 6.07) is 8.50. The van der Waals surface area contributed by atoms with Crippen molar-refractivity contribution >= 4 is 11.6 Å². The Morgan fingerprint density at radius 1 is 1.42 bits per heavy atom. The average Bonchev–Trinajstić information content (AvgIpc) is 2.89. The molecule has 6 nitrogen and oxygen atoms in total. The highest BCUT2D eigenvalue weighted by atomic mass is 16.3. The highest BCUT2D eigenvalue weighted by molar-refractivity contribution is 5.92. The zero-order chi connectivity index (χ0) is 13.8. The number of hydrogen-bond acceptors (Lipinski definition) is 4. The Kier molecular flexibility index (Phi) is 3.82. The number of nitrogen functional groups attached to an aromatic ring is 1. The average molecular weight is 260 g/mol. The smallest absolute Gasteiger partial charge is 0.272 e. The normalized spacial score (nSPS) is 12.1. The van der Waals surface area contributed by atoms with Crippen LogP contribution in [0, 0.1) is 0 Å². The lowest BCUT2D eigenvalue weighted by molar-refractivity contribution is 0.0917. The first-order valence-corrected chi connectivity index (χ1v) is 5.93. The predicted molar refractivity (Wildman–Crippen MR) is 72.0 cm³/mol. The molecular formula is C13H16N4O2. The van der Waals surface area contributed by atoms with Gasteiger partial charge in [-0.2, -0.15) is 5.10 Å². The molecule has 100 valence electrons. The van der Waals surface area contributed by atoms with Gasteiger partial charge in [0.2, 0.25) is 0 Å². The van der Waals surface area contributed by atoms with Crippen LogP contribution in [-0.4, -0.2) is 33.4 Å². The summed E-state index contributed by atoms with van der Waals surface area (Å²) in [5, 5.41) is 15.7. The zero-order valence-electron chi connectivity index (χ0n) is 10.6. The Morgan fingerprint density at radius 3 is 2.74 bits per heavy atom. The molecule has 6 heteroatoms. The van der Waals surface area contributed by atoms with Gasteiger partial charge in [-0.3, -0.25) is 4.79 Å². The number of carbonyl (C=O) groups is 1. The lowest BCUT2D eigenvalue weighted by Gasteiger charge is -2.08. The van der Waals surface area contributed by atoms with E-state index in [2.05, 4.69) is 10.4 Å². The van der Waals surface area contributed by atoms with Gasteiger partial charge in [-0.25, -0.2) is 4.68 Å². The van der Waals surface area contributed by atoms with E-state index < -0.39 is 0 Å². The second kappa shape index (κ2) is 5.53. The lowest BCUT2D eigenvalue weighted by Crippen LogP contribution is -2.35. The molecule has 0 bridgehead atoms.